The van der Waals surface area contributed by atoms with Crippen LogP contribution in [0.15, 0.2) is 30.3 Å². The SMILES string of the molecule is Cc1cc(Cl)c(Cc2cccc(Cl)c2Cl)cc1Cl. The summed E-state index contributed by atoms with van der Waals surface area (Å²) in [5.41, 5.74) is 2.84. The summed E-state index contributed by atoms with van der Waals surface area (Å²) in [6.45, 7) is 1.92. The Hall–Kier alpha value is -0.400. The van der Waals surface area contributed by atoms with Gasteiger partial charge >= 0.3 is 0 Å². The van der Waals surface area contributed by atoms with Gasteiger partial charge in [0.15, 0.2) is 0 Å². The first-order chi connectivity index (χ1) is 8.49. The van der Waals surface area contributed by atoms with E-state index in [0.717, 1.165) is 16.7 Å². The lowest BCUT2D eigenvalue weighted by molar-refractivity contribution is 1.19. The molecule has 0 aliphatic heterocycles. The summed E-state index contributed by atoms with van der Waals surface area (Å²) in [5, 5.41) is 2.50. The van der Waals surface area contributed by atoms with Gasteiger partial charge in [0.1, 0.15) is 0 Å². The topological polar surface area (TPSA) is 0 Å². The number of hydrogen-bond donors (Lipinski definition) is 0. The summed E-state index contributed by atoms with van der Waals surface area (Å²) < 4.78 is 0. The third-order valence-electron chi connectivity index (χ3n) is 2.74. The molecule has 0 heterocycles. The Morgan fingerprint density at radius 2 is 1.56 bits per heavy atom. The van der Waals surface area contributed by atoms with Gasteiger partial charge in [0.25, 0.3) is 0 Å². The first-order valence-electron chi connectivity index (χ1n) is 5.36. The standard InChI is InChI=1S/C14H10Cl4/c1-8-5-13(17)10(7-12(8)16)6-9-3-2-4-11(15)14(9)18/h2-5,7H,6H2,1H3. The number of aryl methyl sites for hydroxylation is 1. The molecule has 0 spiro atoms. The van der Waals surface area contributed by atoms with Crippen LogP contribution in [0.25, 0.3) is 0 Å². The molecule has 0 atom stereocenters. The van der Waals surface area contributed by atoms with Crippen molar-refractivity contribution in [2.75, 3.05) is 0 Å². The van der Waals surface area contributed by atoms with Crippen molar-refractivity contribution >= 4 is 46.4 Å². The molecular formula is C14H10Cl4. The van der Waals surface area contributed by atoms with E-state index in [9.17, 15) is 0 Å². The maximum atomic E-state index is 6.21. The van der Waals surface area contributed by atoms with Crippen LogP contribution < -0.4 is 0 Å². The highest BCUT2D eigenvalue weighted by molar-refractivity contribution is 6.42. The highest BCUT2D eigenvalue weighted by Gasteiger charge is 2.09. The van der Waals surface area contributed by atoms with Crippen molar-refractivity contribution in [3.05, 3.63) is 67.1 Å². The van der Waals surface area contributed by atoms with Crippen LogP contribution in [0.5, 0.6) is 0 Å². The predicted octanol–water partition coefficient (Wildman–Crippen LogP) is 6.20. The summed E-state index contributed by atoms with van der Waals surface area (Å²) in [6.07, 6.45) is 0.609. The van der Waals surface area contributed by atoms with Crippen molar-refractivity contribution in [1.82, 2.24) is 0 Å². The average molecular weight is 320 g/mol. The zero-order chi connectivity index (χ0) is 13.3. The van der Waals surface area contributed by atoms with Crippen LogP contribution in [0.4, 0.5) is 0 Å². The number of rotatable bonds is 2. The molecule has 0 nitrogen and oxygen atoms in total. The molecule has 0 saturated carbocycles. The smallest absolute Gasteiger partial charge is 0.0627 e. The van der Waals surface area contributed by atoms with Crippen LogP contribution in [-0.4, -0.2) is 0 Å². The number of benzene rings is 2. The minimum atomic E-state index is 0.545. The van der Waals surface area contributed by atoms with Crippen LogP contribution in [0, 0.1) is 6.92 Å². The van der Waals surface area contributed by atoms with E-state index < -0.39 is 0 Å². The highest BCUT2D eigenvalue weighted by atomic mass is 35.5. The van der Waals surface area contributed by atoms with Gasteiger partial charge in [-0.2, -0.15) is 0 Å². The fourth-order valence-electron chi connectivity index (χ4n) is 1.71. The van der Waals surface area contributed by atoms with Crippen LogP contribution in [0.1, 0.15) is 16.7 Å². The molecule has 0 saturated heterocycles. The normalized spacial score (nSPS) is 10.7. The maximum absolute atomic E-state index is 6.21. The van der Waals surface area contributed by atoms with Crippen molar-refractivity contribution in [3.63, 3.8) is 0 Å². The van der Waals surface area contributed by atoms with Gasteiger partial charge < -0.3 is 0 Å². The Morgan fingerprint density at radius 1 is 0.833 bits per heavy atom. The lowest BCUT2D eigenvalue weighted by atomic mass is 10.0. The Kier molecular flexibility index (Phi) is 4.45. The summed E-state index contributed by atoms with van der Waals surface area (Å²) >= 11 is 24.5. The van der Waals surface area contributed by atoms with E-state index in [0.29, 0.717) is 26.5 Å². The molecule has 4 heteroatoms. The summed E-state index contributed by atoms with van der Waals surface area (Å²) in [4.78, 5) is 0. The van der Waals surface area contributed by atoms with E-state index in [1.54, 1.807) is 6.07 Å². The molecule has 2 rings (SSSR count). The highest BCUT2D eigenvalue weighted by Crippen LogP contribution is 2.31. The minimum absolute atomic E-state index is 0.545. The third-order valence-corrected chi connectivity index (χ3v) is 4.36. The second-order valence-corrected chi connectivity index (χ2v) is 5.68. The molecule has 0 unspecified atom stereocenters. The van der Waals surface area contributed by atoms with Crippen LogP contribution in [0.3, 0.4) is 0 Å². The number of halogens is 4. The molecule has 2 aromatic rings. The van der Waals surface area contributed by atoms with E-state index in [-0.39, 0.29) is 0 Å². The van der Waals surface area contributed by atoms with Crippen molar-refractivity contribution in [2.45, 2.75) is 13.3 Å². The van der Waals surface area contributed by atoms with Crippen LogP contribution >= 0.6 is 46.4 Å². The van der Waals surface area contributed by atoms with Crippen molar-refractivity contribution in [1.29, 1.82) is 0 Å². The van der Waals surface area contributed by atoms with Gasteiger partial charge in [-0.3, -0.25) is 0 Å². The van der Waals surface area contributed by atoms with Gasteiger partial charge in [-0.1, -0.05) is 58.5 Å². The quantitative estimate of drug-likeness (QED) is 0.618. The average Bonchev–Trinajstić information content (AvgIpc) is 2.32. The lowest BCUT2D eigenvalue weighted by Crippen LogP contribution is -1.92. The lowest BCUT2D eigenvalue weighted by Gasteiger charge is -2.09. The molecule has 0 aliphatic carbocycles. The maximum Gasteiger partial charge on any atom is 0.0627 e. The molecule has 0 bridgehead atoms. The second-order valence-electron chi connectivity index (χ2n) is 4.08. The zero-order valence-corrected chi connectivity index (χ0v) is 12.6. The first kappa shape index (κ1) is 14.0. The van der Waals surface area contributed by atoms with Gasteiger partial charge in [0, 0.05) is 16.5 Å². The largest absolute Gasteiger partial charge is 0.0840 e. The molecule has 0 N–H and O–H groups in total. The molecule has 0 radical (unpaired) electrons. The van der Waals surface area contributed by atoms with Gasteiger partial charge in [0.05, 0.1) is 10.0 Å². The van der Waals surface area contributed by atoms with E-state index in [1.807, 2.05) is 31.2 Å². The molecule has 0 aromatic heterocycles. The van der Waals surface area contributed by atoms with Gasteiger partial charge in [-0.15, -0.1) is 0 Å². The Bertz CT molecular complexity index is 591. The van der Waals surface area contributed by atoms with Gasteiger partial charge in [-0.25, -0.2) is 0 Å². The first-order valence-corrected chi connectivity index (χ1v) is 6.87. The van der Waals surface area contributed by atoms with Gasteiger partial charge in [-0.05, 0) is 41.8 Å². The molecule has 18 heavy (non-hydrogen) atoms. The summed E-state index contributed by atoms with van der Waals surface area (Å²) in [7, 11) is 0. The molecule has 2 aromatic carbocycles. The Labute approximate surface area is 126 Å². The second kappa shape index (κ2) is 5.71. The van der Waals surface area contributed by atoms with E-state index in [4.69, 9.17) is 46.4 Å². The summed E-state index contributed by atoms with van der Waals surface area (Å²) in [5.74, 6) is 0. The fraction of sp³-hybridized carbons (Fsp3) is 0.143. The minimum Gasteiger partial charge on any atom is -0.0840 e. The molecular weight excluding hydrogens is 310 g/mol. The van der Waals surface area contributed by atoms with Crippen molar-refractivity contribution < 1.29 is 0 Å². The molecule has 94 valence electrons. The van der Waals surface area contributed by atoms with E-state index in [1.165, 1.54) is 0 Å². The van der Waals surface area contributed by atoms with Crippen LogP contribution in [0.2, 0.25) is 20.1 Å². The van der Waals surface area contributed by atoms with Crippen LogP contribution in [-0.2, 0) is 6.42 Å². The van der Waals surface area contributed by atoms with Crippen molar-refractivity contribution in [3.8, 4) is 0 Å². The Balaban J connectivity index is 2.40. The molecule has 0 aliphatic rings. The predicted molar refractivity (Wildman–Crippen MR) is 80.5 cm³/mol. The monoisotopic (exact) mass is 318 g/mol. The summed E-state index contributed by atoms with van der Waals surface area (Å²) in [6, 6.07) is 9.29. The van der Waals surface area contributed by atoms with Crippen molar-refractivity contribution in [2.24, 2.45) is 0 Å². The third kappa shape index (κ3) is 2.95. The Morgan fingerprint density at radius 3 is 2.28 bits per heavy atom. The fourth-order valence-corrected chi connectivity index (χ4v) is 2.57. The van der Waals surface area contributed by atoms with Gasteiger partial charge in [0.2, 0.25) is 0 Å². The van der Waals surface area contributed by atoms with E-state index >= 15 is 0 Å². The van der Waals surface area contributed by atoms with E-state index in [2.05, 4.69) is 0 Å². The number of hydrogen-bond acceptors (Lipinski definition) is 0. The molecule has 0 fully saturated rings. The molecule has 0 amide bonds. The zero-order valence-electron chi connectivity index (χ0n) is 9.61.